The number of hydrogen-bond donors (Lipinski definition) is 1. The monoisotopic (exact) mass is 193 g/mol. The van der Waals surface area contributed by atoms with Crippen LogP contribution >= 0.6 is 0 Å². The minimum absolute atomic E-state index is 0.184. The van der Waals surface area contributed by atoms with Crippen molar-refractivity contribution in [1.29, 1.82) is 0 Å². The Bertz CT molecular complexity index is 405. The largest absolute Gasteiger partial charge is 0.480 e. The third-order valence-corrected chi connectivity index (χ3v) is 1.96. The number of carbonyl (C=O) groups is 2. The lowest BCUT2D eigenvalue weighted by Crippen LogP contribution is -2.32. The predicted molar refractivity (Wildman–Crippen MR) is 45.7 cm³/mol. The quantitative estimate of drug-likeness (QED) is 0.681. The number of carboxylic acids is 1. The van der Waals surface area contributed by atoms with Crippen molar-refractivity contribution in [3.8, 4) is 0 Å². The zero-order valence-electron chi connectivity index (χ0n) is 7.17. The zero-order chi connectivity index (χ0) is 10.1. The fraction of sp³-hybridized carbons (Fsp3) is 0.250. The van der Waals surface area contributed by atoms with Gasteiger partial charge in [0.05, 0.1) is 6.42 Å². The van der Waals surface area contributed by atoms with E-state index in [1.54, 1.807) is 0 Å². The van der Waals surface area contributed by atoms with Crippen LogP contribution in [0.15, 0.2) is 12.5 Å². The number of fused-ring (bicyclic) bond motifs is 1. The number of anilines is 1. The molecule has 2 heterocycles. The number of carboxylic acid groups (broad SMARTS) is 1. The average Bonchev–Trinajstić information content (AvgIpc) is 2.43. The van der Waals surface area contributed by atoms with Gasteiger partial charge in [0.1, 0.15) is 18.7 Å². The van der Waals surface area contributed by atoms with Gasteiger partial charge in [-0.2, -0.15) is 0 Å². The van der Waals surface area contributed by atoms with Crippen LogP contribution in [0.3, 0.4) is 0 Å². The van der Waals surface area contributed by atoms with Gasteiger partial charge in [-0.15, -0.1) is 0 Å². The second kappa shape index (κ2) is 3.06. The van der Waals surface area contributed by atoms with Gasteiger partial charge in [0, 0.05) is 11.8 Å². The fourth-order valence-corrected chi connectivity index (χ4v) is 1.39. The van der Waals surface area contributed by atoms with Crippen LogP contribution in [0.1, 0.15) is 5.56 Å². The Morgan fingerprint density at radius 2 is 2.43 bits per heavy atom. The minimum atomic E-state index is -1.05. The van der Waals surface area contributed by atoms with Crippen molar-refractivity contribution in [3.05, 3.63) is 18.1 Å². The van der Waals surface area contributed by atoms with Gasteiger partial charge in [-0.1, -0.05) is 0 Å². The highest BCUT2D eigenvalue weighted by molar-refractivity contribution is 6.02. The molecule has 1 aliphatic heterocycles. The van der Waals surface area contributed by atoms with Crippen molar-refractivity contribution in [3.63, 3.8) is 0 Å². The summed E-state index contributed by atoms with van der Waals surface area (Å²) in [5.41, 5.74) is 0.679. The Kier molecular flexibility index (Phi) is 1.88. The first-order chi connectivity index (χ1) is 6.68. The Hall–Kier alpha value is -1.98. The number of aromatic nitrogens is 2. The van der Waals surface area contributed by atoms with E-state index in [1.807, 2.05) is 0 Å². The summed E-state index contributed by atoms with van der Waals surface area (Å²) in [6.45, 7) is -0.344. The summed E-state index contributed by atoms with van der Waals surface area (Å²) >= 11 is 0. The normalized spacial score (nSPS) is 14.3. The van der Waals surface area contributed by atoms with E-state index in [0.717, 1.165) is 4.90 Å². The zero-order valence-corrected chi connectivity index (χ0v) is 7.17. The molecule has 6 nitrogen and oxygen atoms in total. The molecule has 1 amide bonds. The molecule has 0 aliphatic carbocycles. The van der Waals surface area contributed by atoms with Crippen molar-refractivity contribution in [1.82, 2.24) is 9.97 Å². The molecule has 1 aromatic heterocycles. The molecular weight excluding hydrogens is 186 g/mol. The Morgan fingerprint density at radius 1 is 1.64 bits per heavy atom. The number of rotatable bonds is 2. The SMILES string of the molecule is O=C(O)CN1C(=O)Cc2cncnc21. The van der Waals surface area contributed by atoms with Gasteiger partial charge in [-0.25, -0.2) is 9.97 Å². The molecule has 0 bridgehead atoms. The molecule has 0 spiro atoms. The van der Waals surface area contributed by atoms with Crippen LogP contribution in [0.2, 0.25) is 0 Å². The number of hydrogen-bond acceptors (Lipinski definition) is 4. The smallest absolute Gasteiger partial charge is 0.323 e. The molecule has 0 saturated heterocycles. The number of aliphatic carboxylic acids is 1. The van der Waals surface area contributed by atoms with Gasteiger partial charge < -0.3 is 5.11 Å². The maximum atomic E-state index is 11.4. The van der Waals surface area contributed by atoms with Crippen LogP contribution in [0, 0.1) is 0 Å². The molecule has 0 saturated carbocycles. The van der Waals surface area contributed by atoms with E-state index >= 15 is 0 Å². The van der Waals surface area contributed by atoms with Crippen LogP contribution in [0.4, 0.5) is 5.82 Å². The number of nitrogens with zero attached hydrogens (tertiary/aromatic N) is 3. The lowest BCUT2D eigenvalue weighted by Gasteiger charge is -2.12. The topological polar surface area (TPSA) is 83.4 Å². The maximum absolute atomic E-state index is 11.4. The van der Waals surface area contributed by atoms with Gasteiger partial charge in [-0.05, 0) is 0 Å². The van der Waals surface area contributed by atoms with Crippen LogP contribution in [-0.4, -0.2) is 33.5 Å². The second-order valence-electron chi connectivity index (χ2n) is 2.92. The van der Waals surface area contributed by atoms with Gasteiger partial charge in [0.25, 0.3) is 0 Å². The summed E-state index contributed by atoms with van der Waals surface area (Å²) in [7, 11) is 0. The molecule has 0 atom stereocenters. The number of amides is 1. The third-order valence-electron chi connectivity index (χ3n) is 1.96. The molecule has 6 heteroatoms. The Morgan fingerprint density at radius 3 is 3.14 bits per heavy atom. The lowest BCUT2D eigenvalue weighted by molar-refractivity contribution is -0.136. The van der Waals surface area contributed by atoms with Crippen LogP contribution in [0.5, 0.6) is 0 Å². The van der Waals surface area contributed by atoms with E-state index < -0.39 is 5.97 Å². The summed E-state index contributed by atoms with van der Waals surface area (Å²) in [5, 5.41) is 8.58. The molecular formula is C8H7N3O3. The van der Waals surface area contributed by atoms with Crippen molar-refractivity contribution in [2.24, 2.45) is 0 Å². The van der Waals surface area contributed by atoms with Crippen molar-refractivity contribution in [2.45, 2.75) is 6.42 Å². The minimum Gasteiger partial charge on any atom is -0.480 e. The van der Waals surface area contributed by atoms with Gasteiger partial charge >= 0.3 is 5.97 Å². The molecule has 1 aromatic rings. The highest BCUT2D eigenvalue weighted by Gasteiger charge is 2.29. The Labute approximate surface area is 79.2 Å². The van der Waals surface area contributed by atoms with E-state index in [1.165, 1.54) is 12.5 Å². The molecule has 0 aromatic carbocycles. The van der Waals surface area contributed by atoms with Crippen LogP contribution in [-0.2, 0) is 16.0 Å². The first kappa shape index (κ1) is 8.61. The molecule has 1 N–H and O–H groups in total. The van der Waals surface area contributed by atoms with Gasteiger partial charge in [0.15, 0.2) is 0 Å². The summed E-state index contributed by atoms with van der Waals surface area (Å²) in [4.78, 5) is 30.6. The summed E-state index contributed by atoms with van der Waals surface area (Å²) in [6, 6.07) is 0. The summed E-state index contributed by atoms with van der Waals surface area (Å²) < 4.78 is 0. The average molecular weight is 193 g/mol. The van der Waals surface area contributed by atoms with Gasteiger partial charge in [-0.3, -0.25) is 14.5 Å². The fourth-order valence-electron chi connectivity index (χ4n) is 1.39. The maximum Gasteiger partial charge on any atom is 0.323 e. The first-order valence-corrected chi connectivity index (χ1v) is 3.99. The molecule has 0 fully saturated rings. The molecule has 0 unspecified atom stereocenters. The summed E-state index contributed by atoms with van der Waals surface area (Å²) in [5.74, 6) is -0.889. The van der Waals surface area contributed by atoms with Gasteiger partial charge in [0.2, 0.25) is 5.91 Å². The highest BCUT2D eigenvalue weighted by atomic mass is 16.4. The molecule has 0 radical (unpaired) electrons. The van der Waals surface area contributed by atoms with E-state index in [-0.39, 0.29) is 18.9 Å². The van der Waals surface area contributed by atoms with Crippen molar-refractivity contribution < 1.29 is 14.7 Å². The number of carbonyl (C=O) groups excluding carboxylic acids is 1. The van der Waals surface area contributed by atoms with E-state index in [2.05, 4.69) is 9.97 Å². The van der Waals surface area contributed by atoms with Crippen molar-refractivity contribution >= 4 is 17.7 Å². The standard InChI is InChI=1S/C8H7N3O3/c12-6-1-5-2-9-4-10-8(5)11(6)3-7(13)14/h2,4H,1,3H2,(H,13,14). The van der Waals surface area contributed by atoms with Crippen molar-refractivity contribution in [2.75, 3.05) is 11.4 Å². The molecule has 72 valence electrons. The molecule has 1 aliphatic rings. The molecule has 2 rings (SSSR count). The summed E-state index contributed by atoms with van der Waals surface area (Å²) in [6.07, 6.45) is 3.01. The van der Waals surface area contributed by atoms with E-state index in [9.17, 15) is 9.59 Å². The van der Waals surface area contributed by atoms with E-state index in [0.29, 0.717) is 11.4 Å². The van der Waals surface area contributed by atoms with Crippen LogP contribution < -0.4 is 4.90 Å². The van der Waals surface area contributed by atoms with E-state index in [4.69, 9.17) is 5.11 Å². The second-order valence-corrected chi connectivity index (χ2v) is 2.92. The lowest BCUT2D eigenvalue weighted by atomic mass is 10.3. The van der Waals surface area contributed by atoms with Crippen LogP contribution in [0.25, 0.3) is 0 Å². The predicted octanol–water partition coefficient (Wildman–Crippen LogP) is -0.550. The first-order valence-electron chi connectivity index (χ1n) is 3.99. The highest BCUT2D eigenvalue weighted by Crippen LogP contribution is 2.24. The Balaban J connectivity index is 2.34. The third kappa shape index (κ3) is 1.30. The molecule has 14 heavy (non-hydrogen) atoms.